The van der Waals surface area contributed by atoms with Gasteiger partial charge in [0.1, 0.15) is 11.1 Å². The van der Waals surface area contributed by atoms with E-state index in [1.807, 2.05) is 27.7 Å². The highest BCUT2D eigenvalue weighted by molar-refractivity contribution is 9.10. The number of carbonyl (C=O) groups excluding carboxylic acids is 1. The van der Waals surface area contributed by atoms with E-state index in [2.05, 4.69) is 25.8 Å². The van der Waals surface area contributed by atoms with Crippen LogP contribution in [0.3, 0.4) is 0 Å². The number of rotatable bonds is 1. The molecular weight excluding hydrogens is 410 g/mol. The molecule has 2 heterocycles. The topological polar surface area (TPSA) is 58.8 Å². The molecule has 0 bridgehead atoms. The van der Waals surface area contributed by atoms with E-state index in [4.69, 9.17) is 20.8 Å². The molecule has 0 spiro atoms. The van der Waals surface area contributed by atoms with Crippen molar-refractivity contribution in [3.63, 3.8) is 0 Å². The summed E-state index contributed by atoms with van der Waals surface area (Å²) in [4.78, 5) is 20.6. The number of halogens is 2. The summed E-state index contributed by atoms with van der Waals surface area (Å²) in [5, 5.41) is 0.588. The standard InChI is InChI=1S/C17H21BrClN3O3/c1-10-9-21(16(23)25-17(2,3)4)5-6-22(10)15-20-14-12(18)7-11(19)8-13(14)24-15/h7-8,10H,5-6,9H2,1-4H3. The zero-order valence-electron chi connectivity index (χ0n) is 14.7. The van der Waals surface area contributed by atoms with Gasteiger partial charge in [0.15, 0.2) is 5.58 Å². The van der Waals surface area contributed by atoms with E-state index in [1.165, 1.54) is 0 Å². The molecule has 8 heteroatoms. The summed E-state index contributed by atoms with van der Waals surface area (Å²) in [6.45, 7) is 9.37. The molecule has 1 unspecified atom stereocenters. The van der Waals surface area contributed by atoms with Crippen molar-refractivity contribution in [2.24, 2.45) is 0 Å². The number of benzene rings is 1. The lowest BCUT2D eigenvalue weighted by Crippen LogP contribution is -2.54. The van der Waals surface area contributed by atoms with Crippen molar-refractivity contribution < 1.29 is 13.9 Å². The summed E-state index contributed by atoms with van der Waals surface area (Å²) in [5.74, 6) is 0. The van der Waals surface area contributed by atoms with Gasteiger partial charge in [0.05, 0.1) is 0 Å². The molecule has 1 aromatic heterocycles. The minimum absolute atomic E-state index is 0.0589. The third kappa shape index (κ3) is 4.03. The Kier molecular flexibility index (Phi) is 4.90. The molecule has 0 aliphatic carbocycles. The van der Waals surface area contributed by atoms with Crippen molar-refractivity contribution in [3.8, 4) is 0 Å². The molecule has 0 saturated carbocycles. The van der Waals surface area contributed by atoms with Gasteiger partial charge in [-0.2, -0.15) is 4.98 Å². The van der Waals surface area contributed by atoms with Crippen LogP contribution >= 0.6 is 27.5 Å². The zero-order chi connectivity index (χ0) is 18.4. The molecule has 1 amide bonds. The van der Waals surface area contributed by atoms with E-state index in [9.17, 15) is 4.79 Å². The number of ether oxygens (including phenoxy) is 1. The van der Waals surface area contributed by atoms with Gasteiger partial charge >= 0.3 is 6.09 Å². The number of nitrogens with zero attached hydrogens (tertiary/aromatic N) is 3. The van der Waals surface area contributed by atoms with Crippen molar-refractivity contribution in [1.82, 2.24) is 9.88 Å². The largest absolute Gasteiger partial charge is 0.444 e. The molecule has 1 fully saturated rings. The maximum Gasteiger partial charge on any atom is 0.410 e. The Labute approximate surface area is 160 Å². The highest BCUT2D eigenvalue weighted by Crippen LogP contribution is 2.32. The molecule has 1 atom stereocenters. The lowest BCUT2D eigenvalue weighted by Gasteiger charge is -2.39. The fourth-order valence-corrected chi connectivity index (χ4v) is 3.67. The van der Waals surface area contributed by atoms with Crippen molar-refractivity contribution in [1.29, 1.82) is 0 Å². The number of hydrogen-bond donors (Lipinski definition) is 0. The molecule has 1 aliphatic heterocycles. The maximum absolute atomic E-state index is 12.3. The summed E-state index contributed by atoms with van der Waals surface area (Å²) < 4.78 is 12.1. The normalized spacial score (nSPS) is 18.7. The summed E-state index contributed by atoms with van der Waals surface area (Å²) in [6, 6.07) is 4.14. The third-order valence-corrected chi connectivity index (χ3v) is 4.75. The second-order valence-electron chi connectivity index (χ2n) is 7.20. The molecule has 1 aliphatic rings. The predicted molar refractivity (Wildman–Crippen MR) is 101 cm³/mol. The fraction of sp³-hybridized carbons (Fsp3) is 0.529. The Morgan fingerprint density at radius 1 is 1.40 bits per heavy atom. The van der Waals surface area contributed by atoms with E-state index in [-0.39, 0.29) is 12.1 Å². The molecule has 1 saturated heterocycles. The quantitative estimate of drug-likeness (QED) is 0.657. The average molecular weight is 431 g/mol. The minimum atomic E-state index is -0.497. The predicted octanol–water partition coefficient (Wildman–Crippen LogP) is 4.69. The summed E-state index contributed by atoms with van der Waals surface area (Å²) >= 11 is 9.53. The SMILES string of the molecule is CC1CN(C(=O)OC(C)(C)C)CCN1c1nc2c(Br)cc(Cl)cc2o1. The van der Waals surface area contributed by atoms with Crippen LogP contribution in [0.4, 0.5) is 10.8 Å². The second kappa shape index (κ2) is 6.68. The number of amides is 1. The summed E-state index contributed by atoms with van der Waals surface area (Å²) in [7, 11) is 0. The number of fused-ring (bicyclic) bond motifs is 1. The lowest BCUT2D eigenvalue weighted by molar-refractivity contribution is 0.0216. The second-order valence-corrected chi connectivity index (χ2v) is 8.49. The van der Waals surface area contributed by atoms with E-state index >= 15 is 0 Å². The molecule has 2 aromatic rings. The number of oxazole rings is 1. The Balaban J connectivity index is 1.76. The number of hydrogen-bond acceptors (Lipinski definition) is 5. The molecular formula is C17H21BrClN3O3. The molecule has 0 radical (unpaired) electrons. The monoisotopic (exact) mass is 429 g/mol. The molecule has 3 rings (SSSR count). The van der Waals surface area contributed by atoms with E-state index in [0.29, 0.717) is 36.3 Å². The molecule has 0 N–H and O–H groups in total. The van der Waals surface area contributed by atoms with Crippen LogP contribution in [0.15, 0.2) is 21.0 Å². The number of piperazine rings is 1. The maximum atomic E-state index is 12.3. The van der Waals surface area contributed by atoms with Crippen LogP contribution in [-0.2, 0) is 4.74 Å². The van der Waals surface area contributed by atoms with Crippen LogP contribution in [0.25, 0.3) is 11.1 Å². The van der Waals surface area contributed by atoms with Gasteiger partial charge in [0, 0.05) is 41.2 Å². The van der Waals surface area contributed by atoms with Gasteiger partial charge in [-0.15, -0.1) is 0 Å². The lowest BCUT2D eigenvalue weighted by atomic mass is 10.2. The van der Waals surface area contributed by atoms with Gasteiger partial charge < -0.3 is 19.0 Å². The number of carbonyl (C=O) groups is 1. The van der Waals surface area contributed by atoms with Crippen LogP contribution in [0.2, 0.25) is 5.02 Å². The van der Waals surface area contributed by atoms with Crippen LogP contribution in [0.1, 0.15) is 27.7 Å². The van der Waals surface area contributed by atoms with Gasteiger partial charge in [-0.3, -0.25) is 0 Å². The smallest absolute Gasteiger partial charge is 0.410 e. The Morgan fingerprint density at radius 2 is 2.12 bits per heavy atom. The fourth-order valence-electron chi connectivity index (χ4n) is 2.80. The first-order valence-electron chi connectivity index (χ1n) is 8.14. The van der Waals surface area contributed by atoms with Crippen LogP contribution in [0.5, 0.6) is 0 Å². The van der Waals surface area contributed by atoms with Gasteiger partial charge in [-0.05, 0) is 49.7 Å². The first-order chi connectivity index (χ1) is 11.6. The Hall–Kier alpha value is -1.47. The van der Waals surface area contributed by atoms with Crippen molar-refractivity contribution in [3.05, 3.63) is 21.6 Å². The van der Waals surface area contributed by atoms with Crippen LogP contribution in [-0.4, -0.2) is 47.3 Å². The molecule has 136 valence electrons. The van der Waals surface area contributed by atoms with Crippen molar-refractivity contribution >= 4 is 50.7 Å². The molecule has 6 nitrogen and oxygen atoms in total. The summed E-state index contributed by atoms with van der Waals surface area (Å²) in [6.07, 6.45) is -0.286. The zero-order valence-corrected chi connectivity index (χ0v) is 17.0. The van der Waals surface area contributed by atoms with E-state index in [0.717, 1.165) is 9.99 Å². The van der Waals surface area contributed by atoms with E-state index < -0.39 is 5.60 Å². The Morgan fingerprint density at radius 3 is 2.76 bits per heavy atom. The Bertz CT molecular complexity index is 802. The molecule has 25 heavy (non-hydrogen) atoms. The van der Waals surface area contributed by atoms with Crippen molar-refractivity contribution in [2.45, 2.75) is 39.3 Å². The summed E-state index contributed by atoms with van der Waals surface area (Å²) in [5.41, 5.74) is 0.876. The highest BCUT2D eigenvalue weighted by Gasteiger charge is 2.32. The highest BCUT2D eigenvalue weighted by atomic mass is 79.9. The first kappa shape index (κ1) is 18.3. The molecule has 1 aromatic carbocycles. The van der Waals surface area contributed by atoms with Crippen LogP contribution < -0.4 is 4.90 Å². The minimum Gasteiger partial charge on any atom is -0.444 e. The third-order valence-electron chi connectivity index (χ3n) is 3.93. The van der Waals surface area contributed by atoms with Gasteiger partial charge in [-0.25, -0.2) is 4.79 Å². The van der Waals surface area contributed by atoms with Crippen molar-refractivity contribution in [2.75, 3.05) is 24.5 Å². The number of anilines is 1. The number of aromatic nitrogens is 1. The van der Waals surface area contributed by atoms with Gasteiger partial charge in [-0.1, -0.05) is 11.6 Å². The van der Waals surface area contributed by atoms with E-state index in [1.54, 1.807) is 17.0 Å². The van der Waals surface area contributed by atoms with Gasteiger partial charge in [0.25, 0.3) is 6.01 Å². The average Bonchev–Trinajstić information content (AvgIpc) is 2.89. The van der Waals surface area contributed by atoms with Gasteiger partial charge in [0.2, 0.25) is 0 Å². The van der Waals surface area contributed by atoms with Crippen LogP contribution in [0, 0.1) is 0 Å². The first-order valence-corrected chi connectivity index (χ1v) is 9.31.